The molecule has 4 aromatic carbocycles. The van der Waals surface area contributed by atoms with Gasteiger partial charge in [-0.25, -0.2) is 19.4 Å². The second-order valence-electron chi connectivity index (χ2n) is 29.0. The normalized spacial score (nSPS) is 14.3. The number of aromatic nitrogens is 4. The van der Waals surface area contributed by atoms with Crippen molar-refractivity contribution in [2.45, 2.75) is 199 Å². The molecule has 2 aromatic heterocycles. The molecule has 0 saturated carbocycles. The van der Waals surface area contributed by atoms with Gasteiger partial charge in [0.15, 0.2) is 11.2 Å². The maximum atomic E-state index is 14.6. The predicted octanol–water partition coefficient (Wildman–Crippen LogP) is 12.2. The topological polar surface area (TPSA) is 357 Å². The lowest BCUT2D eigenvalue weighted by atomic mass is 9.80. The highest BCUT2D eigenvalue weighted by Gasteiger charge is 2.45. The number of H-pyrrole nitrogens is 1. The molecule has 1 unspecified atom stereocenters. The average molecular weight is 1650 g/mol. The Morgan fingerprint density at radius 1 is 0.730 bits per heavy atom. The summed E-state index contributed by atoms with van der Waals surface area (Å²) in [6, 6.07) is 30.7. The fourth-order valence-electron chi connectivity index (χ4n) is 12.7. The number of aromatic amines is 1. The molecule has 1 fully saturated rings. The van der Waals surface area contributed by atoms with Gasteiger partial charge in [-0.2, -0.15) is 23.4 Å². The Morgan fingerprint density at radius 2 is 1.32 bits per heavy atom. The summed E-state index contributed by atoms with van der Waals surface area (Å²) in [6.07, 6.45) is 0.898. The summed E-state index contributed by atoms with van der Waals surface area (Å²) < 4.78 is 80.4. The van der Waals surface area contributed by atoms with Crippen molar-refractivity contribution < 1.29 is 79.5 Å². The van der Waals surface area contributed by atoms with Gasteiger partial charge in [0.25, 0.3) is 20.0 Å². The van der Waals surface area contributed by atoms with Crippen LogP contribution in [0, 0.1) is 17.2 Å². The van der Waals surface area contributed by atoms with E-state index in [0.29, 0.717) is 99.6 Å². The number of methoxy groups -OCH3 is 3. The van der Waals surface area contributed by atoms with Crippen LogP contribution in [0.3, 0.4) is 0 Å². The molecule has 0 spiro atoms. The zero-order valence-corrected chi connectivity index (χ0v) is 69.6. The minimum Gasteiger partial charge on any atom is -0.497 e. The maximum absolute atomic E-state index is 14.6. The van der Waals surface area contributed by atoms with Gasteiger partial charge in [0.05, 0.1) is 77.6 Å². The van der Waals surface area contributed by atoms with E-state index in [1.54, 1.807) is 49.7 Å². The molecule has 0 bridgehead atoms. The highest BCUT2D eigenvalue weighted by Crippen LogP contribution is 2.49. The van der Waals surface area contributed by atoms with Crippen LogP contribution in [-0.2, 0) is 64.2 Å². The second-order valence-corrected chi connectivity index (χ2v) is 33.5. The summed E-state index contributed by atoms with van der Waals surface area (Å²) in [5, 5.41) is 23.1. The van der Waals surface area contributed by atoms with Gasteiger partial charge in [-0.15, -0.1) is 0 Å². The van der Waals surface area contributed by atoms with Gasteiger partial charge in [0.1, 0.15) is 23.1 Å². The fourth-order valence-corrected chi connectivity index (χ4v) is 16.9. The van der Waals surface area contributed by atoms with Gasteiger partial charge in [-0.1, -0.05) is 103 Å². The molecule has 3 heterocycles. The second kappa shape index (κ2) is 45.9. The molecule has 0 aliphatic carbocycles. The van der Waals surface area contributed by atoms with Crippen LogP contribution >= 0.6 is 30.1 Å². The lowest BCUT2D eigenvalue weighted by Crippen LogP contribution is -2.42. The third-order valence-corrected chi connectivity index (χ3v) is 24.3. The Labute approximate surface area is 678 Å². The molecular weight excluding hydrogens is 1550 g/mol. The summed E-state index contributed by atoms with van der Waals surface area (Å²) in [5.41, 5.74) is -0.631. The zero-order chi connectivity index (χ0) is 83.8. The lowest BCUT2D eigenvalue weighted by Gasteiger charge is -2.38. The fraction of sp³-hybridized carbons (Fsp3) is 0.519. The van der Waals surface area contributed by atoms with Crippen LogP contribution in [0.1, 0.15) is 178 Å². The van der Waals surface area contributed by atoms with Crippen LogP contribution in [0.5, 0.6) is 11.5 Å². The Hall–Kier alpha value is -9.29. The average Bonchev–Trinajstić information content (AvgIpc) is 1.34. The number of esters is 1. The van der Waals surface area contributed by atoms with E-state index in [4.69, 9.17) is 28.0 Å². The minimum absolute atomic E-state index is 0.0263. The number of alkyl halides is 3. The van der Waals surface area contributed by atoms with Crippen molar-refractivity contribution in [1.29, 1.82) is 5.26 Å². The molecule has 34 heteroatoms. The highest BCUT2D eigenvalue weighted by molar-refractivity contribution is 8.77. The third kappa shape index (κ3) is 28.5. The van der Waals surface area contributed by atoms with Crippen LogP contribution < -0.4 is 46.5 Å². The highest BCUT2D eigenvalue weighted by atomic mass is 33.1. The standard InChI is InChI=1S/C81H107F3N13O15PS2/c1-53(2)73(102)93-78-92-72-71(75(104)94-78)90-60(49-89-72)50-96(77(106)81(82,83)84)61-32-26-56(27-33-61)74(103)91-66(76(105)109-11)38-39-68(99)86-43-19-13-17-24-67(98)88-45-47-114-115-79(7,8)41-40-69(100)87-44-20-14-18-25-70(101)95-51-65(112-113(111-46-21-42-85)97(54(3)4)55(5)6)48-62(95)52-110-80(57-22-15-12-16-23-57,58-28-34-63(107-9)35-29-58)59-30-36-64(108-10)37-31-59/h12,15-16,22-23,26-37,49,53-55,62,65-66H,13-14,17-21,24-25,38-41,43-48,50-52H2,1-11H3,(H,86,99)(H,87,100)(H,88,98)(H,91,103)(H2,89,92,93,94,102,104)/t62-,65+,66+,113?/m0/s1. The number of rotatable bonds is 47. The molecule has 624 valence electrons. The number of unbranched alkanes of at least 4 members (excludes halogenated alkanes) is 4. The summed E-state index contributed by atoms with van der Waals surface area (Å²) in [4.78, 5) is 134. The molecule has 7 amide bonds. The number of carbonyl (C=O) groups is 8. The number of nitriles is 1. The van der Waals surface area contributed by atoms with Crippen molar-refractivity contribution in [2.24, 2.45) is 5.92 Å². The Morgan fingerprint density at radius 3 is 1.90 bits per heavy atom. The number of anilines is 2. The monoisotopic (exact) mass is 1650 g/mol. The number of hydrogen-bond acceptors (Lipinski definition) is 22. The molecule has 1 saturated heterocycles. The molecule has 1 aliphatic rings. The van der Waals surface area contributed by atoms with E-state index in [1.165, 1.54) is 0 Å². The first-order chi connectivity index (χ1) is 54.9. The molecule has 115 heavy (non-hydrogen) atoms. The number of amides is 7. The van der Waals surface area contributed by atoms with Crippen molar-refractivity contribution in [2.75, 3.05) is 76.7 Å². The number of benzene rings is 4. The van der Waals surface area contributed by atoms with E-state index in [9.17, 15) is 61.6 Å². The van der Waals surface area contributed by atoms with Crippen LogP contribution in [0.15, 0.2) is 114 Å². The molecule has 6 N–H and O–H groups in total. The molecule has 4 atom stereocenters. The number of ether oxygens (including phenoxy) is 4. The van der Waals surface area contributed by atoms with Crippen molar-refractivity contribution in [3.05, 3.63) is 148 Å². The summed E-state index contributed by atoms with van der Waals surface area (Å²) >= 11 is 0. The first kappa shape index (κ1) is 92.9. The summed E-state index contributed by atoms with van der Waals surface area (Å²) in [5.74, 6) is -3.70. The predicted molar refractivity (Wildman–Crippen MR) is 435 cm³/mol. The number of hydrogen-bond donors (Lipinski definition) is 6. The lowest BCUT2D eigenvalue weighted by molar-refractivity contribution is -0.170. The minimum atomic E-state index is -5.36. The van der Waals surface area contributed by atoms with Crippen LogP contribution in [0.2, 0.25) is 0 Å². The largest absolute Gasteiger partial charge is 0.497 e. The van der Waals surface area contributed by atoms with Gasteiger partial charge in [-0.3, -0.25) is 53.6 Å². The van der Waals surface area contributed by atoms with Crippen molar-refractivity contribution in [1.82, 2.24) is 50.8 Å². The third-order valence-electron chi connectivity index (χ3n) is 18.7. The molecular formula is C81H107F3N13O15PS2. The van der Waals surface area contributed by atoms with Gasteiger partial charge in [0, 0.05) is 91.6 Å². The Bertz CT molecular complexity index is 4220. The van der Waals surface area contributed by atoms with Gasteiger partial charge < -0.3 is 54.2 Å². The van der Waals surface area contributed by atoms with Crippen LogP contribution in [0.25, 0.3) is 11.2 Å². The summed E-state index contributed by atoms with van der Waals surface area (Å²) in [6.45, 7) is 16.8. The first-order valence-electron chi connectivity index (χ1n) is 38.5. The molecule has 7 rings (SSSR count). The van der Waals surface area contributed by atoms with Crippen molar-refractivity contribution in [3.63, 3.8) is 0 Å². The van der Waals surface area contributed by atoms with E-state index in [-0.39, 0.29) is 127 Å². The quantitative estimate of drug-likeness (QED) is 0.00679. The van der Waals surface area contributed by atoms with Gasteiger partial charge in [-0.05, 0) is 152 Å². The van der Waals surface area contributed by atoms with E-state index < -0.39 is 80.1 Å². The maximum Gasteiger partial charge on any atom is 0.471 e. The number of nitrogens with one attached hydrogen (secondary N) is 6. The van der Waals surface area contributed by atoms with Crippen LogP contribution in [-0.4, -0.2) is 184 Å². The van der Waals surface area contributed by atoms with Gasteiger partial charge >= 0.3 is 18.1 Å². The van der Waals surface area contributed by atoms with Crippen LogP contribution in [0.4, 0.5) is 24.8 Å². The number of halogens is 3. The number of carbonyl (C=O) groups excluding carboxylic acids is 8. The number of fused-ring (bicyclic) bond motifs is 1. The zero-order valence-electron chi connectivity index (χ0n) is 67.1. The van der Waals surface area contributed by atoms with E-state index in [1.807, 2.05) is 83.8 Å². The molecule has 28 nitrogen and oxygen atoms in total. The Kier molecular flexibility index (Phi) is 37.0. The van der Waals surface area contributed by atoms with Crippen molar-refractivity contribution >= 4 is 100 Å². The van der Waals surface area contributed by atoms with Gasteiger partial charge in [0.2, 0.25) is 35.5 Å². The van der Waals surface area contributed by atoms with E-state index in [2.05, 4.69) is 98.8 Å². The first-order valence-corrected chi connectivity index (χ1v) is 41.9. The van der Waals surface area contributed by atoms with Crippen molar-refractivity contribution in [3.8, 4) is 17.6 Å². The number of nitrogens with zero attached hydrogens (tertiary/aromatic N) is 7. The SMILES string of the molecule is COC(=O)[C@@H](CCC(=O)NCCCCCC(=O)NCCSSC(C)(C)CCC(=O)NCCCCCC(=O)N1C[C@H](OP(OCCC#N)N(C(C)C)C(C)C)C[C@H]1COC(c1ccccc1)(c1ccc(OC)cc1)c1ccc(OC)cc1)NC(=O)c1ccc(N(Cc2cnc3nc(NC(=O)C(C)C)[nH]c(=O)c3n2)C(=O)C(F)(F)F)cc1. The molecule has 6 aromatic rings. The van der Waals surface area contributed by atoms with E-state index in [0.717, 1.165) is 54.3 Å². The molecule has 0 radical (unpaired) electrons. The number of likely N-dealkylation sites (tertiary alicyclic amines) is 1. The molecule has 1 aliphatic heterocycles. The Balaban J connectivity index is 0.787. The smallest absolute Gasteiger partial charge is 0.471 e. The van der Waals surface area contributed by atoms with E-state index >= 15 is 0 Å². The summed E-state index contributed by atoms with van der Waals surface area (Å²) in [7, 11) is 6.01.